The van der Waals surface area contributed by atoms with Gasteiger partial charge in [0.2, 0.25) is 11.9 Å². The predicted octanol–water partition coefficient (Wildman–Crippen LogP) is 4.32. The third-order valence-electron chi connectivity index (χ3n) is 4.43. The molecule has 0 fully saturated rings. The summed E-state index contributed by atoms with van der Waals surface area (Å²) in [4.78, 5) is 18.8. The SMILES string of the molecule is CCCCN.CCCCNc1nc(N)nc2cc(C)sc12.Cc1cc2nc(N)nc(N)c2s1.[B]. The molecule has 0 spiro atoms. The lowest BCUT2D eigenvalue weighted by atomic mass is 10.3. The molecule has 0 aliphatic heterocycles. The summed E-state index contributed by atoms with van der Waals surface area (Å²) in [6.45, 7) is 10.1. The molecule has 0 aliphatic carbocycles. The quantitative estimate of drug-likeness (QED) is 0.191. The van der Waals surface area contributed by atoms with Gasteiger partial charge in [0.05, 0.1) is 20.4 Å². The zero-order valence-corrected chi connectivity index (χ0v) is 22.0. The van der Waals surface area contributed by atoms with Gasteiger partial charge in [-0.25, -0.2) is 9.97 Å². The minimum atomic E-state index is 0. The molecule has 0 aromatic carbocycles. The van der Waals surface area contributed by atoms with Gasteiger partial charge >= 0.3 is 0 Å². The van der Waals surface area contributed by atoms with Crippen molar-refractivity contribution in [2.75, 3.05) is 35.6 Å². The van der Waals surface area contributed by atoms with E-state index in [1.807, 2.05) is 19.1 Å². The second-order valence-corrected chi connectivity index (χ2v) is 9.98. The van der Waals surface area contributed by atoms with E-state index < -0.39 is 0 Å². The predicted molar refractivity (Wildman–Crippen MR) is 151 cm³/mol. The Kier molecular flexibility index (Phi) is 12.5. The zero-order chi connectivity index (χ0) is 24.4. The lowest BCUT2D eigenvalue weighted by molar-refractivity contribution is 0.807. The summed E-state index contributed by atoms with van der Waals surface area (Å²) in [6.07, 6.45) is 4.69. The maximum atomic E-state index is 5.68. The van der Waals surface area contributed by atoms with Crippen molar-refractivity contribution in [3.8, 4) is 0 Å². The Labute approximate surface area is 211 Å². The van der Waals surface area contributed by atoms with Crippen LogP contribution < -0.4 is 28.3 Å². The number of nitrogen functional groups attached to an aromatic ring is 3. The fraction of sp³-hybridized carbons (Fsp3) is 0.455. The molecule has 0 aliphatic rings. The second kappa shape index (κ2) is 14.5. The molecule has 0 bridgehead atoms. The van der Waals surface area contributed by atoms with Gasteiger partial charge in [-0.15, -0.1) is 22.7 Å². The van der Waals surface area contributed by atoms with Crippen LogP contribution >= 0.6 is 22.7 Å². The van der Waals surface area contributed by atoms with Crippen LogP contribution in [0.2, 0.25) is 0 Å². The molecule has 0 unspecified atom stereocenters. The van der Waals surface area contributed by atoms with Crippen molar-refractivity contribution in [2.45, 2.75) is 53.4 Å². The fourth-order valence-corrected chi connectivity index (χ4v) is 4.63. The summed E-state index contributed by atoms with van der Waals surface area (Å²) >= 11 is 3.28. The van der Waals surface area contributed by atoms with E-state index in [1.54, 1.807) is 22.7 Å². The van der Waals surface area contributed by atoms with Crippen LogP contribution in [0.1, 0.15) is 49.3 Å². The summed E-state index contributed by atoms with van der Waals surface area (Å²) in [6, 6.07) is 4.00. The number of nitrogens with one attached hydrogen (secondary N) is 1. The fourth-order valence-electron chi connectivity index (χ4n) is 2.86. The minimum Gasteiger partial charge on any atom is -0.382 e. The molecule has 4 aromatic heterocycles. The highest BCUT2D eigenvalue weighted by Crippen LogP contribution is 2.30. The molecule has 4 aromatic rings. The summed E-state index contributed by atoms with van der Waals surface area (Å²) in [5.41, 5.74) is 23.7. The average Bonchev–Trinajstić information content (AvgIpc) is 3.31. The highest BCUT2D eigenvalue weighted by atomic mass is 32.1. The zero-order valence-electron chi connectivity index (χ0n) is 20.4. The molecule has 0 amide bonds. The number of nitrogens with two attached hydrogens (primary N) is 4. The van der Waals surface area contributed by atoms with E-state index in [-0.39, 0.29) is 14.4 Å². The molecule has 3 radical (unpaired) electrons. The standard InChI is InChI=1S/C11H16N4S.C7H8N4S.C4H11N.B/c1-3-4-5-13-10-9-8(6-7(2)16-9)14-11(12)15-10;1-3-2-4-5(12-3)6(8)11-7(9)10-4;1-2-3-4-5;/h6H,3-5H2,1-2H3,(H3,12,13,14,15);2H,1H3,(H4,8,9,10,11);2-5H2,1H3;. The first-order chi connectivity index (χ1) is 15.8. The Balaban J connectivity index is 0.000000284. The van der Waals surface area contributed by atoms with Gasteiger partial charge in [0.15, 0.2) is 0 Å². The number of hydrogen-bond donors (Lipinski definition) is 5. The summed E-state index contributed by atoms with van der Waals surface area (Å²) in [7, 11) is 0. The summed E-state index contributed by atoms with van der Waals surface area (Å²) < 4.78 is 2.02. The van der Waals surface area contributed by atoms with E-state index in [2.05, 4.69) is 46.0 Å². The van der Waals surface area contributed by atoms with Gasteiger partial charge in [-0.3, -0.25) is 0 Å². The number of rotatable bonds is 6. The summed E-state index contributed by atoms with van der Waals surface area (Å²) in [5.74, 6) is 1.91. The molecular formula is C22H35BN9S2. The van der Waals surface area contributed by atoms with Crippen LogP contribution in [0, 0.1) is 13.8 Å². The first-order valence-electron chi connectivity index (χ1n) is 11.1. The number of aromatic nitrogens is 4. The minimum absolute atomic E-state index is 0. The lowest BCUT2D eigenvalue weighted by Gasteiger charge is -2.05. The van der Waals surface area contributed by atoms with Crippen LogP contribution in [0.5, 0.6) is 0 Å². The third-order valence-corrected chi connectivity index (χ3v) is 6.54. The van der Waals surface area contributed by atoms with Crippen molar-refractivity contribution in [1.82, 2.24) is 19.9 Å². The van der Waals surface area contributed by atoms with E-state index in [4.69, 9.17) is 22.9 Å². The monoisotopic (exact) mass is 500 g/mol. The maximum Gasteiger partial charge on any atom is 0.222 e. The first-order valence-corrected chi connectivity index (χ1v) is 12.7. The van der Waals surface area contributed by atoms with Crippen molar-refractivity contribution in [1.29, 1.82) is 0 Å². The van der Waals surface area contributed by atoms with Gasteiger partial charge in [0.1, 0.15) is 11.6 Å². The number of fused-ring (bicyclic) bond motifs is 2. The third kappa shape index (κ3) is 8.58. The van der Waals surface area contributed by atoms with Gasteiger partial charge in [-0.05, 0) is 45.4 Å². The molecule has 34 heavy (non-hydrogen) atoms. The van der Waals surface area contributed by atoms with Gasteiger partial charge in [0, 0.05) is 24.7 Å². The van der Waals surface area contributed by atoms with Crippen molar-refractivity contribution in [2.24, 2.45) is 5.73 Å². The smallest absolute Gasteiger partial charge is 0.222 e. The molecule has 0 saturated carbocycles. The van der Waals surface area contributed by atoms with Crippen LogP contribution in [0.4, 0.5) is 23.5 Å². The highest BCUT2D eigenvalue weighted by molar-refractivity contribution is 7.19. The van der Waals surface area contributed by atoms with Crippen LogP contribution in [0.25, 0.3) is 20.4 Å². The van der Waals surface area contributed by atoms with E-state index in [1.165, 1.54) is 24.1 Å². The Morgan fingerprint density at radius 3 is 1.85 bits per heavy atom. The highest BCUT2D eigenvalue weighted by Gasteiger charge is 2.08. The van der Waals surface area contributed by atoms with Crippen LogP contribution in [-0.4, -0.2) is 41.4 Å². The molecule has 4 heterocycles. The van der Waals surface area contributed by atoms with Crippen LogP contribution in [0.15, 0.2) is 12.1 Å². The van der Waals surface area contributed by atoms with Crippen LogP contribution in [0.3, 0.4) is 0 Å². The van der Waals surface area contributed by atoms with Gasteiger partial charge in [-0.1, -0.05) is 26.7 Å². The molecular weight excluding hydrogens is 465 g/mol. The molecule has 0 saturated heterocycles. The Hall–Kier alpha value is -2.70. The summed E-state index contributed by atoms with van der Waals surface area (Å²) in [5, 5.41) is 3.32. The molecule has 4 rings (SSSR count). The molecule has 0 atom stereocenters. The van der Waals surface area contributed by atoms with Gasteiger partial charge < -0.3 is 28.3 Å². The van der Waals surface area contributed by atoms with Crippen molar-refractivity contribution < 1.29 is 0 Å². The first kappa shape index (κ1) is 29.3. The average molecular weight is 501 g/mol. The van der Waals surface area contributed by atoms with Gasteiger partial charge in [0.25, 0.3) is 0 Å². The lowest BCUT2D eigenvalue weighted by Crippen LogP contribution is -2.05. The topological polar surface area (TPSA) is 168 Å². The Morgan fingerprint density at radius 1 is 0.794 bits per heavy atom. The van der Waals surface area contributed by atoms with E-state index in [0.29, 0.717) is 11.8 Å². The number of thiophene rings is 2. The number of hydrogen-bond acceptors (Lipinski definition) is 11. The molecule has 9 N–H and O–H groups in total. The number of unbranched alkanes of at least 4 members (excludes halogenated alkanes) is 2. The number of nitrogens with zero attached hydrogens (tertiary/aromatic N) is 4. The van der Waals surface area contributed by atoms with E-state index in [9.17, 15) is 0 Å². The molecule has 9 nitrogen and oxygen atoms in total. The normalized spacial score (nSPS) is 10.1. The number of anilines is 4. The Bertz CT molecular complexity index is 1160. The van der Waals surface area contributed by atoms with Crippen molar-refractivity contribution in [3.05, 3.63) is 21.9 Å². The van der Waals surface area contributed by atoms with E-state index in [0.717, 1.165) is 50.6 Å². The maximum absolute atomic E-state index is 5.68. The largest absolute Gasteiger partial charge is 0.382 e. The molecule has 183 valence electrons. The van der Waals surface area contributed by atoms with Crippen molar-refractivity contribution >= 4 is 75.1 Å². The second-order valence-electron chi connectivity index (χ2n) is 7.46. The Morgan fingerprint density at radius 2 is 1.32 bits per heavy atom. The molecule has 12 heteroatoms. The van der Waals surface area contributed by atoms with Crippen molar-refractivity contribution in [3.63, 3.8) is 0 Å². The van der Waals surface area contributed by atoms with Crippen LogP contribution in [-0.2, 0) is 0 Å². The van der Waals surface area contributed by atoms with Gasteiger partial charge in [-0.2, -0.15) is 9.97 Å². The van der Waals surface area contributed by atoms with E-state index >= 15 is 0 Å². The number of aryl methyl sites for hydroxylation is 2.